The summed E-state index contributed by atoms with van der Waals surface area (Å²) < 4.78 is 73.5. The second-order valence-corrected chi connectivity index (χ2v) is 13.5. The fraction of sp³-hybridized carbons (Fsp3) is 0.923. The van der Waals surface area contributed by atoms with Crippen molar-refractivity contribution in [1.82, 2.24) is 5.32 Å². The first-order chi connectivity index (χ1) is 24.7. The highest BCUT2D eigenvalue weighted by Gasteiger charge is 2.56. The van der Waals surface area contributed by atoms with Crippen LogP contribution in [0.1, 0.15) is 6.92 Å². The molecule has 53 heavy (non-hydrogen) atoms. The highest BCUT2D eigenvalue weighted by Crippen LogP contribution is 2.34. The molecular weight excluding hydrogens is 758 g/mol. The van der Waals surface area contributed by atoms with Crippen molar-refractivity contribution in [2.24, 2.45) is 0 Å². The molecule has 0 radical (unpaired) electrons. The standard InChI is InChI=1S/C26H43NO25S/c1-5(31)27-9-18(10(32)6(2-28)45-23(9)41)49-24-13(35)12(34)17(8(4-30)47-24)48-25-15(37)19(11(33)7(3-29)46-25)50-26-16(38)20(52-53(42,43)44)14(36)21(51-26)22(39)40/h6-21,23-26,28-30,32-38,41H,2-4H2,1H3,(H,27,31)(H,39,40)(H,42,43,44)/t6-,7-,8-,9-,10+,11+,12-,13-,14+,15-,16-,17+,18-,19+,20+,21+,23-,24+,25+,26-/m1/s1. The molecule has 0 saturated carbocycles. The maximum atomic E-state index is 11.8. The van der Waals surface area contributed by atoms with Crippen LogP contribution in [0.4, 0.5) is 0 Å². The minimum absolute atomic E-state index is 0.720. The lowest BCUT2D eigenvalue weighted by Gasteiger charge is -2.49. The minimum atomic E-state index is -5.44. The molecule has 4 saturated heterocycles. The predicted molar refractivity (Wildman–Crippen MR) is 156 cm³/mol. The Morgan fingerprint density at radius 2 is 1.08 bits per heavy atom. The van der Waals surface area contributed by atoms with E-state index >= 15 is 0 Å². The van der Waals surface area contributed by atoms with E-state index in [4.69, 9.17) is 37.7 Å². The second-order valence-electron chi connectivity index (χ2n) is 12.4. The highest BCUT2D eigenvalue weighted by molar-refractivity contribution is 7.80. The summed E-state index contributed by atoms with van der Waals surface area (Å²) in [7, 11) is -5.44. The Kier molecular flexibility index (Phi) is 14.8. The smallest absolute Gasteiger partial charge is 0.397 e. The van der Waals surface area contributed by atoms with Crippen molar-refractivity contribution < 1.29 is 121 Å². The first-order valence-corrected chi connectivity index (χ1v) is 17.1. The molecule has 0 aromatic carbocycles. The van der Waals surface area contributed by atoms with E-state index in [1.54, 1.807) is 0 Å². The van der Waals surface area contributed by atoms with E-state index in [0.29, 0.717) is 0 Å². The number of rotatable bonds is 13. The number of amides is 1. The van der Waals surface area contributed by atoms with Crippen LogP contribution < -0.4 is 5.32 Å². The molecular formula is C26H43NO25S. The van der Waals surface area contributed by atoms with Gasteiger partial charge in [0.1, 0.15) is 91.5 Å². The second kappa shape index (κ2) is 17.9. The molecule has 0 aliphatic carbocycles. The number of ether oxygens (including phenoxy) is 7. The Bertz CT molecular complexity index is 1340. The summed E-state index contributed by atoms with van der Waals surface area (Å²) in [5.41, 5.74) is 0. The number of aliphatic carboxylic acids is 1. The lowest BCUT2D eigenvalue weighted by molar-refractivity contribution is -0.384. The Labute approximate surface area is 298 Å². The molecule has 27 heteroatoms. The molecule has 0 aromatic heterocycles. The molecule has 14 N–H and O–H groups in total. The van der Waals surface area contributed by atoms with Crippen LogP contribution in [0.3, 0.4) is 0 Å². The van der Waals surface area contributed by atoms with Crippen LogP contribution in [0.5, 0.6) is 0 Å². The zero-order valence-corrected chi connectivity index (χ0v) is 28.1. The van der Waals surface area contributed by atoms with Crippen molar-refractivity contribution in [3.8, 4) is 0 Å². The molecule has 1 amide bonds. The molecule has 20 atom stereocenters. The third-order valence-corrected chi connectivity index (χ3v) is 9.24. The van der Waals surface area contributed by atoms with Gasteiger partial charge in [-0.15, -0.1) is 0 Å². The zero-order valence-electron chi connectivity index (χ0n) is 27.3. The van der Waals surface area contributed by atoms with Gasteiger partial charge < -0.3 is 99.8 Å². The fourth-order valence-electron chi connectivity index (χ4n) is 6.16. The molecule has 4 heterocycles. The van der Waals surface area contributed by atoms with E-state index in [2.05, 4.69) is 9.50 Å². The Morgan fingerprint density at radius 3 is 1.62 bits per heavy atom. The van der Waals surface area contributed by atoms with Gasteiger partial charge in [0.2, 0.25) is 5.91 Å². The van der Waals surface area contributed by atoms with Crippen molar-refractivity contribution in [2.45, 2.75) is 130 Å². The van der Waals surface area contributed by atoms with Crippen LogP contribution in [0.25, 0.3) is 0 Å². The average Bonchev–Trinajstić information content (AvgIpc) is 3.08. The van der Waals surface area contributed by atoms with Crippen LogP contribution in [0.15, 0.2) is 0 Å². The van der Waals surface area contributed by atoms with E-state index < -0.39 is 165 Å². The largest absolute Gasteiger partial charge is 0.479 e. The van der Waals surface area contributed by atoms with E-state index in [0.717, 1.165) is 6.92 Å². The molecule has 0 bridgehead atoms. The molecule has 0 unspecified atom stereocenters. The Hall–Kier alpha value is -1.91. The number of carbonyl (C=O) groups excluding carboxylic acids is 1. The van der Waals surface area contributed by atoms with Gasteiger partial charge in [0.05, 0.1) is 19.8 Å². The number of carboxylic acid groups (broad SMARTS) is 1. The van der Waals surface area contributed by atoms with Gasteiger partial charge in [-0.25, -0.2) is 8.98 Å². The number of aliphatic hydroxyl groups is 11. The van der Waals surface area contributed by atoms with Gasteiger partial charge in [0, 0.05) is 6.92 Å². The third-order valence-electron chi connectivity index (χ3n) is 8.78. The highest BCUT2D eigenvalue weighted by atomic mass is 32.3. The van der Waals surface area contributed by atoms with Gasteiger partial charge in [-0.2, -0.15) is 8.42 Å². The van der Waals surface area contributed by atoms with Crippen molar-refractivity contribution in [2.75, 3.05) is 19.8 Å². The lowest BCUT2D eigenvalue weighted by atomic mass is 9.95. The first-order valence-electron chi connectivity index (χ1n) is 15.7. The van der Waals surface area contributed by atoms with Gasteiger partial charge in [0.15, 0.2) is 31.3 Å². The van der Waals surface area contributed by atoms with Crippen LogP contribution in [-0.2, 0) is 57.3 Å². The SMILES string of the molecule is CC(=O)N[C@@H]1[C@@H](O[C@@H]2O[C@H](CO)[C@H](O[C@@H]3O[C@H](CO)[C@H](O)[C@H](O[C@@H]4O[C@H](C(=O)O)[C@@H](O)[C@H](OS(=O)(=O)O)[C@H]4O)[C@H]3O)[C@H](O)[C@H]2O)[C@@H](O)[C@@H](CO)O[C@H]1O. The quantitative estimate of drug-likeness (QED) is 0.0769. The number of nitrogens with one attached hydrogen (secondary N) is 1. The van der Waals surface area contributed by atoms with Crippen molar-refractivity contribution in [3.63, 3.8) is 0 Å². The first kappa shape index (κ1) is 43.8. The molecule has 4 fully saturated rings. The Balaban J connectivity index is 1.54. The van der Waals surface area contributed by atoms with Gasteiger partial charge in [-0.1, -0.05) is 0 Å². The number of hydrogen-bond donors (Lipinski definition) is 14. The number of carboxylic acids is 1. The molecule has 4 rings (SSSR count). The van der Waals surface area contributed by atoms with E-state index in [1.165, 1.54) is 0 Å². The number of carbonyl (C=O) groups is 2. The normalized spacial score (nSPS) is 46.8. The fourth-order valence-corrected chi connectivity index (χ4v) is 6.67. The topological polar surface area (TPSA) is 417 Å². The summed E-state index contributed by atoms with van der Waals surface area (Å²) in [5, 5.41) is 127. The predicted octanol–water partition coefficient (Wildman–Crippen LogP) is -9.69. The summed E-state index contributed by atoms with van der Waals surface area (Å²) in [5.74, 6) is -2.66. The minimum Gasteiger partial charge on any atom is -0.479 e. The summed E-state index contributed by atoms with van der Waals surface area (Å²) in [6.07, 6.45) is -38.8. The maximum Gasteiger partial charge on any atom is 0.397 e. The maximum absolute atomic E-state index is 11.8. The zero-order chi connectivity index (χ0) is 39.7. The van der Waals surface area contributed by atoms with Crippen LogP contribution in [-0.4, -0.2) is 229 Å². The summed E-state index contributed by atoms with van der Waals surface area (Å²) >= 11 is 0. The van der Waals surface area contributed by atoms with Crippen molar-refractivity contribution in [3.05, 3.63) is 0 Å². The molecule has 26 nitrogen and oxygen atoms in total. The van der Waals surface area contributed by atoms with Gasteiger partial charge >= 0.3 is 16.4 Å². The summed E-state index contributed by atoms with van der Waals surface area (Å²) in [6, 6.07) is -1.51. The molecule has 0 aromatic rings. The van der Waals surface area contributed by atoms with Crippen molar-refractivity contribution >= 4 is 22.3 Å². The third kappa shape index (κ3) is 9.73. The number of hydrogen-bond acceptors (Lipinski definition) is 23. The van der Waals surface area contributed by atoms with Gasteiger partial charge in [-0.05, 0) is 0 Å². The average molecular weight is 802 g/mol. The lowest BCUT2D eigenvalue weighted by Crippen LogP contribution is -2.69. The van der Waals surface area contributed by atoms with Crippen LogP contribution in [0, 0.1) is 0 Å². The van der Waals surface area contributed by atoms with E-state index in [9.17, 15) is 79.3 Å². The monoisotopic (exact) mass is 801 g/mol. The van der Waals surface area contributed by atoms with E-state index in [1.807, 2.05) is 0 Å². The number of aliphatic hydroxyl groups excluding tert-OH is 11. The Morgan fingerprint density at radius 1 is 0.604 bits per heavy atom. The van der Waals surface area contributed by atoms with Gasteiger partial charge in [0.25, 0.3) is 0 Å². The molecule has 4 aliphatic rings. The molecule has 4 aliphatic heterocycles. The van der Waals surface area contributed by atoms with Crippen molar-refractivity contribution in [1.29, 1.82) is 0 Å². The van der Waals surface area contributed by atoms with Crippen LogP contribution >= 0.6 is 0 Å². The molecule has 308 valence electrons. The molecule has 0 spiro atoms. The van der Waals surface area contributed by atoms with Crippen LogP contribution in [0.2, 0.25) is 0 Å². The summed E-state index contributed by atoms with van der Waals surface area (Å²) in [4.78, 5) is 23.5. The summed E-state index contributed by atoms with van der Waals surface area (Å²) in [6.45, 7) is -1.84. The van der Waals surface area contributed by atoms with Gasteiger partial charge in [-0.3, -0.25) is 9.35 Å². The van der Waals surface area contributed by atoms with E-state index in [-0.39, 0.29) is 0 Å².